The molecular weight excluding hydrogens is 302 g/mol. The molecule has 0 aromatic heterocycles. The summed E-state index contributed by atoms with van der Waals surface area (Å²) in [6, 6.07) is 13.3. The Bertz CT molecular complexity index is 709. The molecule has 1 amide bonds. The molecule has 2 aromatic rings. The minimum absolute atomic E-state index is 0.130. The van der Waals surface area contributed by atoms with Gasteiger partial charge in [-0.05, 0) is 41.2 Å². The zero-order valence-corrected chi connectivity index (χ0v) is 13.9. The van der Waals surface area contributed by atoms with Crippen LogP contribution in [0, 0.1) is 0 Å². The second-order valence-corrected chi connectivity index (χ2v) is 6.05. The molecular formula is C20H23NO3. The molecule has 4 heteroatoms. The van der Waals surface area contributed by atoms with Crippen molar-refractivity contribution >= 4 is 5.91 Å². The highest BCUT2D eigenvalue weighted by atomic mass is 16.5. The minimum Gasteiger partial charge on any atom is -0.394 e. The minimum atomic E-state index is -0.404. The average molecular weight is 325 g/mol. The van der Waals surface area contributed by atoms with Crippen LogP contribution in [0.2, 0.25) is 0 Å². The van der Waals surface area contributed by atoms with Gasteiger partial charge in [-0.25, -0.2) is 0 Å². The Kier molecular flexibility index (Phi) is 5.28. The maximum atomic E-state index is 12.7. The molecule has 0 unspecified atom stereocenters. The first-order valence-corrected chi connectivity index (χ1v) is 8.42. The van der Waals surface area contributed by atoms with Crippen LogP contribution < -0.4 is 5.32 Å². The van der Waals surface area contributed by atoms with Crippen LogP contribution in [0.1, 0.15) is 45.6 Å². The van der Waals surface area contributed by atoms with Crippen molar-refractivity contribution in [3.05, 3.63) is 70.3 Å². The molecule has 1 aliphatic rings. The lowest BCUT2D eigenvalue weighted by molar-refractivity contribution is 0.0905. The van der Waals surface area contributed by atoms with Crippen LogP contribution in [0.15, 0.2) is 42.5 Å². The summed E-state index contributed by atoms with van der Waals surface area (Å²) in [5.74, 6) is -0.146. The van der Waals surface area contributed by atoms with Crippen molar-refractivity contribution < 1.29 is 14.6 Å². The second kappa shape index (κ2) is 7.60. The monoisotopic (exact) mass is 325 g/mol. The summed E-state index contributed by atoms with van der Waals surface area (Å²) >= 11 is 0. The van der Waals surface area contributed by atoms with Crippen LogP contribution >= 0.6 is 0 Å². The number of carbonyl (C=O) groups is 1. The van der Waals surface area contributed by atoms with Crippen LogP contribution in [0.3, 0.4) is 0 Å². The normalized spacial score (nSPS) is 14.8. The van der Waals surface area contributed by atoms with Gasteiger partial charge in [0.15, 0.2) is 0 Å². The standard InChI is InChI=1S/C20H23NO3/c1-2-14-6-8-15(9-7-14)19(12-22)21-20(23)18-5-3-4-16-13-24-11-10-17(16)18/h3-9,19,22H,2,10-13H2,1H3,(H,21,23)/t19-/m0/s1. The molecule has 0 aliphatic carbocycles. The Hall–Kier alpha value is -2.17. The summed E-state index contributed by atoms with van der Waals surface area (Å²) in [7, 11) is 0. The van der Waals surface area contributed by atoms with E-state index in [1.54, 1.807) is 0 Å². The van der Waals surface area contributed by atoms with E-state index >= 15 is 0 Å². The van der Waals surface area contributed by atoms with Gasteiger partial charge in [-0.15, -0.1) is 0 Å². The highest BCUT2D eigenvalue weighted by Gasteiger charge is 2.20. The van der Waals surface area contributed by atoms with Crippen molar-refractivity contribution in [2.24, 2.45) is 0 Å². The van der Waals surface area contributed by atoms with Gasteiger partial charge in [0.05, 0.1) is 25.9 Å². The number of ether oxygens (including phenoxy) is 1. The number of aryl methyl sites for hydroxylation is 1. The number of hydrogen-bond acceptors (Lipinski definition) is 3. The Morgan fingerprint density at radius 1 is 1.25 bits per heavy atom. The summed E-state index contributed by atoms with van der Waals surface area (Å²) in [6.45, 7) is 3.16. The predicted octanol–water partition coefficient (Wildman–Crippen LogP) is 2.79. The largest absolute Gasteiger partial charge is 0.394 e. The van der Waals surface area contributed by atoms with Crippen LogP contribution in [0.4, 0.5) is 0 Å². The molecule has 3 rings (SSSR count). The Labute approximate surface area is 142 Å². The predicted molar refractivity (Wildman–Crippen MR) is 92.9 cm³/mol. The van der Waals surface area contributed by atoms with E-state index in [2.05, 4.69) is 12.2 Å². The Morgan fingerprint density at radius 3 is 2.75 bits per heavy atom. The van der Waals surface area contributed by atoms with Gasteiger partial charge < -0.3 is 15.2 Å². The van der Waals surface area contributed by atoms with Crippen molar-refractivity contribution in [1.29, 1.82) is 0 Å². The molecule has 0 spiro atoms. The van der Waals surface area contributed by atoms with Crippen molar-refractivity contribution in [2.45, 2.75) is 32.4 Å². The van der Waals surface area contributed by atoms with Gasteiger partial charge in [0.25, 0.3) is 5.91 Å². The summed E-state index contributed by atoms with van der Waals surface area (Å²) in [5, 5.41) is 12.7. The van der Waals surface area contributed by atoms with E-state index in [0.29, 0.717) is 18.8 Å². The molecule has 126 valence electrons. The number of benzene rings is 2. The Morgan fingerprint density at radius 2 is 2.04 bits per heavy atom. The van der Waals surface area contributed by atoms with Crippen molar-refractivity contribution in [3.8, 4) is 0 Å². The smallest absolute Gasteiger partial charge is 0.252 e. The quantitative estimate of drug-likeness (QED) is 0.889. The lowest BCUT2D eigenvalue weighted by atomic mass is 9.96. The van der Waals surface area contributed by atoms with Crippen LogP contribution in [-0.2, 0) is 24.2 Å². The zero-order chi connectivity index (χ0) is 16.9. The van der Waals surface area contributed by atoms with Crippen molar-refractivity contribution in [3.63, 3.8) is 0 Å². The lowest BCUT2D eigenvalue weighted by Gasteiger charge is -2.22. The average Bonchev–Trinajstić information content (AvgIpc) is 2.65. The first kappa shape index (κ1) is 16.7. The number of amides is 1. The molecule has 0 radical (unpaired) electrons. The van der Waals surface area contributed by atoms with Crippen molar-refractivity contribution in [2.75, 3.05) is 13.2 Å². The van der Waals surface area contributed by atoms with E-state index in [-0.39, 0.29) is 12.5 Å². The molecule has 0 bridgehead atoms. The fourth-order valence-electron chi connectivity index (χ4n) is 3.09. The van der Waals surface area contributed by atoms with Crippen molar-refractivity contribution in [1.82, 2.24) is 5.32 Å². The van der Waals surface area contributed by atoms with Gasteiger partial charge >= 0.3 is 0 Å². The van der Waals surface area contributed by atoms with Gasteiger partial charge in [-0.2, -0.15) is 0 Å². The SMILES string of the molecule is CCc1ccc([C@H](CO)NC(=O)c2cccc3c2CCOC3)cc1. The van der Waals surface area contributed by atoms with Gasteiger partial charge in [-0.3, -0.25) is 4.79 Å². The van der Waals surface area contributed by atoms with E-state index in [9.17, 15) is 9.90 Å². The maximum Gasteiger partial charge on any atom is 0.252 e. The summed E-state index contributed by atoms with van der Waals surface area (Å²) in [6.07, 6.45) is 1.71. The van der Waals surface area contributed by atoms with E-state index in [1.165, 1.54) is 5.56 Å². The third-order valence-electron chi connectivity index (χ3n) is 4.55. The van der Waals surface area contributed by atoms with Crippen LogP contribution in [0.5, 0.6) is 0 Å². The maximum absolute atomic E-state index is 12.7. The van der Waals surface area contributed by atoms with E-state index in [0.717, 1.165) is 29.5 Å². The zero-order valence-electron chi connectivity index (χ0n) is 13.9. The molecule has 1 heterocycles. The van der Waals surface area contributed by atoms with E-state index in [4.69, 9.17) is 4.74 Å². The fourth-order valence-corrected chi connectivity index (χ4v) is 3.09. The number of rotatable bonds is 5. The molecule has 4 nitrogen and oxygen atoms in total. The van der Waals surface area contributed by atoms with Gasteiger partial charge in [0.2, 0.25) is 0 Å². The third kappa shape index (κ3) is 3.50. The summed E-state index contributed by atoms with van der Waals surface area (Å²) in [4.78, 5) is 12.7. The summed E-state index contributed by atoms with van der Waals surface area (Å²) in [5.41, 5.74) is 4.95. The molecule has 2 N–H and O–H groups in total. The number of carbonyl (C=O) groups excluding carboxylic acids is 1. The Balaban J connectivity index is 1.79. The van der Waals surface area contributed by atoms with Gasteiger partial charge in [0.1, 0.15) is 0 Å². The molecule has 0 saturated carbocycles. The number of aliphatic hydroxyl groups excluding tert-OH is 1. The molecule has 1 aliphatic heterocycles. The first-order valence-electron chi connectivity index (χ1n) is 8.42. The third-order valence-corrected chi connectivity index (χ3v) is 4.55. The highest BCUT2D eigenvalue weighted by Crippen LogP contribution is 2.22. The molecule has 0 fully saturated rings. The second-order valence-electron chi connectivity index (χ2n) is 6.05. The molecule has 24 heavy (non-hydrogen) atoms. The number of hydrogen-bond donors (Lipinski definition) is 2. The van der Waals surface area contributed by atoms with Crippen LogP contribution in [0.25, 0.3) is 0 Å². The fraction of sp³-hybridized carbons (Fsp3) is 0.350. The van der Waals surface area contributed by atoms with E-state index < -0.39 is 6.04 Å². The first-order chi connectivity index (χ1) is 11.7. The van der Waals surface area contributed by atoms with Gasteiger partial charge in [-0.1, -0.05) is 43.3 Å². The van der Waals surface area contributed by atoms with E-state index in [1.807, 2.05) is 42.5 Å². The summed E-state index contributed by atoms with van der Waals surface area (Å²) < 4.78 is 5.45. The van der Waals surface area contributed by atoms with Gasteiger partial charge in [0, 0.05) is 5.56 Å². The topological polar surface area (TPSA) is 58.6 Å². The lowest BCUT2D eigenvalue weighted by Crippen LogP contribution is -2.32. The van der Waals surface area contributed by atoms with Crippen LogP contribution in [-0.4, -0.2) is 24.2 Å². The molecule has 0 saturated heterocycles. The number of fused-ring (bicyclic) bond motifs is 1. The number of aliphatic hydroxyl groups is 1. The highest BCUT2D eigenvalue weighted by molar-refractivity contribution is 5.96. The molecule has 1 atom stereocenters. The molecule has 2 aromatic carbocycles. The number of nitrogens with one attached hydrogen (secondary N) is 1.